The van der Waals surface area contributed by atoms with Crippen LogP contribution < -0.4 is 9.46 Å². The topological polar surface area (TPSA) is 123 Å². The van der Waals surface area contributed by atoms with Gasteiger partial charge in [0, 0.05) is 12.4 Å². The van der Waals surface area contributed by atoms with Crippen LogP contribution in [0, 0.1) is 16.7 Å². The Balaban J connectivity index is 1.62. The number of ether oxygens (including phenoxy) is 1. The number of nitrogens with one attached hydrogen (secondary N) is 1. The Labute approximate surface area is 174 Å². The number of benzene rings is 1. The number of nitrogens with zero attached hydrogens (tertiary/aromatic N) is 4. The van der Waals surface area contributed by atoms with E-state index in [-0.39, 0.29) is 11.6 Å². The predicted molar refractivity (Wildman–Crippen MR) is 110 cm³/mol. The van der Waals surface area contributed by atoms with Gasteiger partial charge in [-0.05, 0) is 36.6 Å². The fraction of sp³-hybridized carbons (Fsp3) is 0.450. The molecule has 1 saturated carbocycles. The van der Waals surface area contributed by atoms with Crippen LogP contribution in [-0.4, -0.2) is 36.2 Å². The highest BCUT2D eigenvalue weighted by Crippen LogP contribution is 2.38. The molecule has 3 aromatic rings. The molecule has 2 aromatic heterocycles. The van der Waals surface area contributed by atoms with Gasteiger partial charge in [0.05, 0.1) is 30.9 Å². The highest BCUT2D eigenvalue weighted by atomic mass is 32.2. The summed E-state index contributed by atoms with van der Waals surface area (Å²) in [6.45, 7) is 0.506. The Kier molecular flexibility index (Phi) is 5.39. The van der Waals surface area contributed by atoms with Gasteiger partial charge in [-0.25, -0.2) is 8.42 Å². The molecule has 1 aromatic carbocycles. The molecule has 4 rings (SSSR count). The highest BCUT2D eigenvalue weighted by molar-refractivity contribution is 7.92. The Hall–Kier alpha value is -3.06. The summed E-state index contributed by atoms with van der Waals surface area (Å²) in [6.07, 6.45) is 7.47. The van der Waals surface area contributed by atoms with Crippen LogP contribution in [0.4, 0.5) is 5.82 Å². The smallest absolute Gasteiger partial charge is 0.235 e. The molecule has 158 valence electrons. The molecule has 0 atom stereocenters. The summed E-state index contributed by atoms with van der Waals surface area (Å²) >= 11 is 0. The van der Waals surface area contributed by atoms with E-state index in [1.54, 1.807) is 23.0 Å². The number of aromatic nitrogens is 3. The molecule has 1 fully saturated rings. The van der Waals surface area contributed by atoms with Gasteiger partial charge in [-0.15, -0.1) is 0 Å². The first-order valence-electron chi connectivity index (χ1n) is 9.79. The van der Waals surface area contributed by atoms with E-state index in [0.717, 1.165) is 24.8 Å². The van der Waals surface area contributed by atoms with Crippen LogP contribution in [0.3, 0.4) is 0 Å². The standard InChI is InChI=1S/C20H23N5O4S/c1-28-16-10-15(12-25-9-5-8-22-25)11-17-18(16)19(23-29-17)24-30(26,27)14-20(13-21)6-3-2-4-7-20/h5,8-11H,2-4,6-7,12,14H2,1H3,(H,23,24). The third kappa shape index (κ3) is 4.11. The number of fused-ring (bicyclic) bond motifs is 1. The van der Waals surface area contributed by atoms with Crippen molar-refractivity contribution >= 4 is 26.8 Å². The lowest BCUT2D eigenvalue weighted by atomic mass is 9.77. The van der Waals surface area contributed by atoms with Gasteiger partial charge in [0.2, 0.25) is 10.0 Å². The molecule has 0 aliphatic heterocycles. The molecule has 0 amide bonds. The van der Waals surface area contributed by atoms with Gasteiger partial charge in [-0.2, -0.15) is 10.4 Å². The van der Waals surface area contributed by atoms with Crippen LogP contribution in [0.2, 0.25) is 0 Å². The molecule has 1 N–H and O–H groups in total. The van der Waals surface area contributed by atoms with Crippen LogP contribution in [0.15, 0.2) is 35.1 Å². The number of hydrogen-bond donors (Lipinski definition) is 1. The second-order valence-electron chi connectivity index (χ2n) is 7.72. The van der Waals surface area contributed by atoms with Crippen molar-refractivity contribution in [1.82, 2.24) is 14.9 Å². The zero-order chi connectivity index (χ0) is 21.2. The lowest BCUT2D eigenvalue weighted by Crippen LogP contribution is -2.34. The van der Waals surface area contributed by atoms with E-state index in [1.807, 2.05) is 12.3 Å². The summed E-state index contributed by atoms with van der Waals surface area (Å²) in [4.78, 5) is 0. The van der Waals surface area contributed by atoms with Gasteiger partial charge in [-0.1, -0.05) is 24.4 Å². The first-order chi connectivity index (χ1) is 14.4. The third-order valence-corrected chi connectivity index (χ3v) is 6.92. The normalized spacial score (nSPS) is 16.3. The summed E-state index contributed by atoms with van der Waals surface area (Å²) < 4.78 is 40.8. The van der Waals surface area contributed by atoms with E-state index in [1.165, 1.54) is 7.11 Å². The fourth-order valence-corrected chi connectivity index (χ4v) is 5.64. The van der Waals surface area contributed by atoms with E-state index < -0.39 is 15.4 Å². The Morgan fingerprint density at radius 1 is 1.33 bits per heavy atom. The molecule has 0 bridgehead atoms. The van der Waals surface area contributed by atoms with Crippen LogP contribution in [0.25, 0.3) is 11.0 Å². The quantitative estimate of drug-likeness (QED) is 0.611. The zero-order valence-corrected chi connectivity index (χ0v) is 17.5. The first kappa shape index (κ1) is 20.2. The molecule has 1 aliphatic rings. The molecule has 0 unspecified atom stereocenters. The maximum Gasteiger partial charge on any atom is 0.235 e. The van der Waals surface area contributed by atoms with Crippen molar-refractivity contribution in [3.63, 3.8) is 0 Å². The van der Waals surface area contributed by atoms with Gasteiger partial charge in [0.1, 0.15) is 11.1 Å². The van der Waals surface area contributed by atoms with Crippen molar-refractivity contribution in [2.45, 2.75) is 38.6 Å². The van der Waals surface area contributed by atoms with Gasteiger partial charge >= 0.3 is 0 Å². The molecular formula is C20H23N5O4S. The number of sulfonamides is 1. The van der Waals surface area contributed by atoms with Gasteiger partial charge in [0.15, 0.2) is 11.4 Å². The summed E-state index contributed by atoms with van der Waals surface area (Å²) in [5.41, 5.74) is 0.422. The molecule has 0 saturated heterocycles. The summed E-state index contributed by atoms with van der Waals surface area (Å²) in [5.74, 6) is 0.252. The van der Waals surface area contributed by atoms with Crippen molar-refractivity contribution in [3.8, 4) is 11.8 Å². The lowest BCUT2D eigenvalue weighted by molar-refractivity contribution is 0.298. The number of anilines is 1. The average molecular weight is 430 g/mol. The monoisotopic (exact) mass is 429 g/mol. The second-order valence-corrected chi connectivity index (χ2v) is 9.44. The maximum absolute atomic E-state index is 12.9. The molecule has 10 heteroatoms. The van der Waals surface area contributed by atoms with Crippen LogP contribution in [0.5, 0.6) is 5.75 Å². The van der Waals surface area contributed by atoms with Crippen molar-refractivity contribution in [1.29, 1.82) is 5.26 Å². The molecule has 9 nitrogen and oxygen atoms in total. The SMILES string of the molecule is COc1cc(Cn2cccn2)cc2onc(NS(=O)(=O)CC3(C#N)CCCCC3)c12. The minimum absolute atomic E-state index is 0.0661. The molecule has 2 heterocycles. The van der Waals surface area contributed by atoms with Crippen molar-refractivity contribution in [2.24, 2.45) is 5.41 Å². The van der Waals surface area contributed by atoms with Crippen molar-refractivity contribution < 1.29 is 17.7 Å². The summed E-state index contributed by atoms with van der Waals surface area (Å²) in [5, 5.41) is 18.2. The largest absolute Gasteiger partial charge is 0.496 e. The zero-order valence-electron chi connectivity index (χ0n) is 16.7. The van der Waals surface area contributed by atoms with E-state index >= 15 is 0 Å². The maximum atomic E-state index is 12.9. The summed E-state index contributed by atoms with van der Waals surface area (Å²) in [7, 11) is -2.30. The van der Waals surface area contributed by atoms with E-state index in [4.69, 9.17) is 9.26 Å². The lowest BCUT2D eigenvalue weighted by Gasteiger charge is -2.30. The molecule has 30 heavy (non-hydrogen) atoms. The van der Waals surface area contributed by atoms with Gasteiger partial charge < -0.3 is 9.26 Å². The average Bonchev–Trinajstić information content (AvgIpc) is 3.37. The van der Waals surface area contributed by atoms with E-state index in [0.29, 0.717) is 36.1 Å². The fourth-order valence-electron chi connectivity index (χ4n) is 4.06. The highest BCUT2D eigenvalue weighted by Gasteiger charge is 2.37. The predicted octanol–water partition coefficient (Wildman–Crippen LogP) is 3.30. The molecule has 0 spiro atoms. The number of nitriles is 1. The third-order valence-electron chi connectivity index (χ3n) is 5.49. The second kappa shape index (κ2) is 7.99. The van der Waals surface area contributed by atoms with Crippen molar-refractivity contribution in [2.75, 3.05) is 17.6 Å². The first-order valence-corrected chi connectivity index (χ1v) is 11.4. The molecular weight excluding hydrogens is 406 g/mol. The van der Waals surface area contributed by atoms with Gasteiger partial charge in [0.25, 0.3) is 0 Å². The Morgan fingerprint density at radius 3 is 2.80 bits per heavy atom. The number of methoxy groups -OCH3 is 1. The minimum Gasteiger partial charge on any atom is -0.496 e. The van der Waals surface area contributed by atoms with Crippen LogP contribution in [-0.2, 0) is 16.6 Å². The van der Waals surface area contributed by atoms with Crippen LogP contribution >= 0.6 is 0 Å². The molecule has 1 aliphatic carbocycles. The van der Waals surface area contributed by atoms with E-state index in [2.05, 4.69) is 21.0 Å². The Bertz CT molecular complexity index is 1170. The van der Waals surface area contributed by atoms with E-state index in [9.17, 15) is 13.7 Å². The van der Waals surface area contributed by atoms with Crippen LogP contribution in [0.1, 0.15) is 37.7 Å². The number of hydrogen-bond acceptors (Lipinski definition) is 7. The summed E-state index contributed by atoms with van der Waals surface area (Å²) in [6, 6.07) is 7.66. The Morgan fingerprint density at radius 2 is 2.13 bits per heavy atom. The number of rotatable bonds is 7. The molecule has 0 radical (unpaired) electrons. The minimum atomic E-state index is -3.81. The van der Waals surface area contributed by atoms with Crippen molar-refractivity contribution in [3.05, 3.63) is 36.2 Å². The van der Waals surface area contributed by atoms with Gasteiger partial charge in [-0.3, -0.25) is 9.40 Å².